The monoisotopic (exact) mass is 212 g/mol. The number of benzene rings is 1. The van der Waals surface area contributed by atoms with Crippen LogP contribution in [0.5, 0.6) is 0 Å². The minimum atomic E-state index is -0.519. The van der Waals surface area contributed by atoms with Crippen LogP contribution in [0, 0.1) is 12.3 Å². The molecular weight excluding hydrogens is 196 g/mol. The van der Waals surface area contributed by atoms with Crippen LogP contribution < -0.4 is 0 Å². The van der Waals surface area contributed by atoms with Crippen molar-refractivity contribution in [2.45, 2.75) is 33.8 Å². The summed E-state index contributed by atoms with van der Waals surface area (Å²) in [7, 11) is 0. The van der Waals surface area contributed by atoms with Crippen molar-refractivity contribution in [2.24, 2.45) is 5.41 Å². The van der Waals surface area contributed by atoms with E-state index < -0.39 is 6.10 Å². The molecule has 1 nitrogen and oxygen atoms in total. The smallest absolute Gasteiger partial charge is 0.0852 e. The van der Waals surface area contributed by atoms with Crippen molar-refractivity contribution >= 4 is 11.6 Å². The fourth-order valence-corrected chi connectivity index (χ4v) is 1.58. The van der Waals surface area contributed by atoms with Gasteiger partial charge in [0.2, 0.25) is 0 Å². The SMILES string of the molecule is Cc1cccc(C(O)C(C)(C)C)c1Cl. The van der Waals surface area contributed by atoms with Crippen molar-refractivity contribution in [3.05, 3.63) is 34.3 Å². The summed E-state index contributed by atoms with van der Waals surface area (Å²) >= 11 is 6.13. The van der Waals surface area contributed by atoms with Gasteiger partial charge in [-0.05, 0) is 23.5 Å². The van der Waals surface area contributed by atoms with Crippen molar-refractivity contribution in [1.82, 2.24) is 0 Å². The van der Waals surface area contributed by atoms with Crippen LogP contribution in [0.4, 0.5) is 0 Å². The van der Waals surface area contributed by atoms with Gasteiger partial charge in [-0.3, -0.25) is 0 Å². The maximum Gasteiger partial charge on any atom is 0.0852 e. The van der Waals surface area contributed by atoms with E-state index in [-0.39, 0.29) is 5.41 Å². The molecule has 1 aromatic carbocycles. The predicted octanol–water partition coefficient (Wildman–Crippen LogP) is 3.73. The Morgan fingerprint density at radius 3 is 2.36 bits per heavy atom. The fraction of sp³-hybridized carbons (Fsp3) is 0.500. The van der Waals surface area contributed by atoms with Gasteiger partial charge in [-0.2, -0.15) is 0 Å². The molecule has 14 heavy (non-hydrogen) atoms. The van der Waals surface area contributed by atoms with Gasteiger partial charge in [-0.25, -0.2) is 0 Å². The number of aliphatic hydroxyl groups excluding tert-OH is 1. The molecule has 1 rings (SSSR count). The first-order valence-electron chi connectivity index (χ1n) is 4.77. The summed E-state index contributed by atoms with van der Waals surface area (Å²) < 4.78 is 0. The van der Waals surface area contributed by atoms with Gasteiger partial charge < -0.3 is 5.11 Å². The van der Waals surface area contributed by atoms with E-state index in [1.54, 1.807) is 0 Å². The van der Waals surface area contributed by atoms with E-state index >= 15 is 0 Å². The summed E-state index contributed by atoms with van der Waals surface area (Å²) in [4.78, 5) is 0. The van der Waals surface area contributed by atoms with E-state index in [2.05, 4.69) is 0 Å². The van der Waals surface area contributed by atoms with Crippen LogP contribution >= 0.6 is 11.6 Å². The third kappa shape index (κ3) is 2.28. The van der Waals surface area contributed by atoms with Crippen LogP contribution in [-0.2, 0) is 0 Å². The zero-order valence-electron chi connectivity index (χ0n) is 9.13. The van der Waals surface area contributed by atoms with Gasteiger partial charge in [0, 0.05) is 5.02 Å². The number of halogens is 1. The Bertz CT molecular complexity index is 326. The minimum absolute atomic E-state index is 0.183. The van der Waals surface area contributed by atoms with Gasteiger partial charge in [-0.1, -0.05) is 50.6 Å². The first kappa shape index (κ1) is 11.5. The number of aryl methyl sites for hydroxylation is 1. The first-order chi connectivity index (χ1) is 6.34. The van der Waals surface area contributed by atoms with E-state index in [1.165, 1.54) is 0 Å². The molecule has 0 amide bonds. The third-order valence-corrected chi connectivity index (χ3v) is 2.85. The van der Waals surface area contributed by atoms with E-state index in [0.717, 1.165) is 11.1 Å². The van der Waals surface area contributed by atoms with Crippen LogP contribution in [0.15, 0.2) is 18.2 Å². The van der Waals surface area contributed by atoms with Crippen LogP contribution in [0.2, 0.25) is 5.02 Å². The molecule has 1 unspecified atom stereocenters. The molecule has 0 saturated heterocycles. The summed E-state index contributed by atoms with van der Waals surface area (Å²) in [5.41, 5.74) is 1.64. The van der Waals surface area contributed by atoms with Crippen LogP contribution in [0.1, 0.15) is 38.0 Å². The summed E-state index contributed by atoms with van der Waals surface area (Å²) in [5, 5.41) is 10.8. The average molecular weight is 213 g/mol. The highest BCUT2D eigenvalue weighted by Gasteiger charge is 2.25. The molecule has 0 aromatic heterocycles. The zero-order chi connectivity index (χ0) is 10.9. The molecule has 0 aliphatic carbocycles. The van der Waals surface area contributed by atoms with Gasteiger partial charge in [0.05, 0.1) is 6.10 Å². The van der Waals surface area contributed by atoms with Gasteiger partial charge in [0.15, 0.2) is 0 Å². The molecular formula is C12H17ClO. The Kier molecular flexibility index (Phi) is 3.23. The normalized spacial score (nSPS) is 14.1. The first-order valence-corrected chi connectivity index (χ1v) is 5.15. The fourth-order valence-electron chi connectivity index (χ4n) is 1.35. The Hall–Kier alpha value is -0.530. The second kappa shape index (κ2) is 3.92. The van der Waals surface area contributed by atoms with Crippen LogP contribution in [0.25, 0.3) is 0 Å². The Balaban J connectivity index is 3.14. The lowest BCUT2D eigenvalue weighted by Crippen LogP contribution is -2.18. The number of rotatable bonds is 1. The Morgan fingerprint density at radius 2 is 1.86 bits per heavy atom. The molecule has 0 radical (unpaired) electrons. The van der Waals surface area contributed by atoms with Gasteiger partial charge in [0.1, 0.15) is 0 Å². The molecule has 1 aromatic rings. The molecule has 0 fully saturated rings. The number of aliphatic hydroxyl groups is 1. The minimum Gasteiger partial charge on any atom is -0.388 e. The quantitative estimate of drug-likeness (QED) is 0.752. The topological polar surface area (TPSA) is 20.2 Å². The molecule has 0 aliphatic heterocycles. The van der Waals surface area contributed by atoms with Crippen molar-refractivity contribution in [3.63, 3.8) is 0 Å². The molecule has 0 saturated carbocycles. The predicted molar refractivity (Wildman–Crippen MR) is 60.6 cm³/mol. The Labute approximate surface area is 90.7 Å². The second-order valence-corrected chi connectivity index (χ2v) is 5.12. The standard InChI is InChI=1S/C12H17ClO/c1-8-6-5-7-9(10(8)13)11(14)12(2,3)4/h5-7,11,14H,1-4H3. The molecule has 1 N–H and O–H groups in total. The Morgan fingerprint density at radius 1 is 1.29 bits per heavy atom. The molecule has 0 heterocycles. The van der Waals surface area contributed by atoms with Crippen LogP contribution in [0.3, 0.4) is 0 Å². The largest absolute Gasteiger partial charge is 0.388 e. The molecule has 2 heteroatoms. The van der Waals surface area contributed by atoms with E-state index in [9.17, 15) is 5.11 Å². The highest BCUT2D eigenvalue weighted by Crippen LogP contribution is 2.36. The molecule has 0 aliphatic rings. The maximum atomic E-state index is 10.1. The second-order valence-electron chi connectivity index (χ2n) is 4.75. The van der Waals surface area contributed by atoms with Crippen molar-refractivity contribution in [1.29, 1.82) is 0 Å². The van der Waals surface area contributed by atoms with E-state index in [4.69, 9.17) is 11.6 Å². The van der Waals surface area contributed by atoms with Crippen molar-refractivity contribution in [2.75, 3.05) is 0 Å². The molecule has 0 spiro atoms. The summed E-state index contributed by atoms with van der Waals surface area (Å²) in [6.45, 7) is 7.93. The molecule has 1 atom stereocenters. The summed E-state index contributed by atoms with van der Waals surface area (Å²) in [6.07, 6.45) is -0.519. The molecule has 78 valence electrons. The highest BCUT2D eigenvalue weighted by atomic mass is 35.5. The average Bonchev–Trinajstić information content (AvgIpc) is 2.07. The lowest BCUT2D eigenvalue weighted by molar-refractivity contribution is 0.0627. The third-order valence-electron chi connectivity index (χ3n) is 2.34. The van der Waals surface area contributed by atoms with Crippen molar-refractivity contribution in [3.8, 4) is 0 Å². The van der Waals surface area contributed by atoms with Crippen molar-refractivity contribution < 1.29 is 5.11 Å². The lowest BCUT2D eigenvalue weighted by Gasteiger charge is -2.27. The van der Waals surface area contributed by atoms with Gasteiger partial charge >= 0.3 is 0 Å². The highest BCUT2D eigenvalue weighted by molar-refractivity contribution is 6.32. The summed E-state index contributed by atoms with van der Waals surface area (Å²) in [5.74, 6) is 0. The van der Waals surface area contributed by atoms with Gasteiger partial charge in [-0.15, -0.1) is 0 Å². The summed E-state index contributed by atoms with van der Waals surface area (Å²) in [6, 6.07) is 5.75. The van der Waals surface area contributed by atoms with E-state index in [1.807, 2.05) is 45.9 Å². The number of hydrogen-bond acceptors (Lipinski definition) is 1. The van der Waals surface area contributed by atoms with Crippen LogP contribution in [-0.4, -0.2) is 5.11 Å². The zero-order valence-corrected chi connectivity index (χ0v) is 9.89. The number of hydrogen-bond donors (Lipinski definition) is 1. The van der Waals surface area contributed by atoms with Gasteiger partial charge in [0.25, 0.3) is 0 Å². The van der Waals surface area contributed by atoms with E-state index in [0.29, 0.717) is 5.02 Å². The lowest BCUT2D eigenvalue weighted by atomic mass is 9.84. The molecule has 0 bridgehead atoms. The maximum absolute atomic E-state index is 10.1.